The van der Waals surface area contributed by atoms with E-state index >= 15 is 0 Å². The van der Waals surface area contributed by atoms with Crippen molar-refractivity contribution in [2.45, 2.75) is 0 Å². The monoisotopic (exact) mass is 677 g/mol. The molecule has 0 aliphatic heterocycles. The van der Waals surface area contributed by atoms with E-state index in [0.717, 1.165) is 82.8 Å². The Morgan fingerprint density at radius 3 is 1.92 bits per heavy atom. The van der Waals surface area contributed by atoms with E-state index in [-0.39, 0.29) is 0 Å². The van der Waals surface area contributed by atoms with Gasteiger partial charge in [-0.15, -0.1) is 0 Å². The van der Waals surface area contributed by atoms with Crippen LogP contribution in [0.4, 0.5) is 17.1 Å². The van der Waals surface area contributed by atoms with Crippen molar-refractivity contribution in [3.63, 3.8) is 0 Å². The summed E-state index contributed by atoms with van der Waals surface area (Å²) < 4.78 is 13.2. The molecule has 0 saturated heterocycles. The van der Waals surface area contributed by atoms with Gasteiger partial charge in [-0.3, -0.25) is 0 Å². The second-order valence-electron chi connectivity index (χ2n) is 13.7. The smallest absolute Gasteiger partial charge is 0.143 e. The Hall–Kier alpha value is -7.10. The Bertz CT molecular complexity index is 3180. The van der Waals surface area contributed by atoms with Crippen molar-refractivity contribution < 1.29 is 8.83 Å². The maximum Gasteiger partial charge on any atom is 0.143 e. The lowest BCUT2D eigenvalue weighted by Gasteiger charge is -2.27. The molecule has 0 bridgehead atoms. The standard InChI is InChI=1S/C50H31NO2/c1-2-12-35-30-36(23-22-32(35)10-1)33-24-27-38(28-25-33)51(45-19-9-21-47-48(45)44-29-26-34-11-3-4-15-40(34)50(44)53-47)39-14-7-13-37(31-39)41-17-8-18-43-42-16-5-6-20-46(42)52-49(41)43/h1-31H. The molecule has 0 atom stereocenters. The minimum atomic E-state index is 0.856. The number of benzene rings is 9. The molecule has 3 heteroatoms. The van der Waals surface area contributed by atoms with E-state index in [1.165, 1.54) is 21.9 Å². The fraction of sp³-hybridized carbons (Fsp3) is 0. The van der Waals surface area contributed by atoms with Gasteiger partial charge in [0, 0.05) is 38.5 Å². The van der Waals surface area contributed by atoms with Gasteiger partial charge in [0.15, 0.2) is 0 Å². The molecule has 0 unspecified atom stereocenters. The Morgan fingerprint density at radius 1 is 0.340 bits per heavy atom. The molecule has 0 N–H and O–H groups in total. The number of hydrogen-bond donors (Lipinski definition) is 0. The summed E-state index contributed by atoms with van der Waals surface area (Å²) in [5.41, 5.74) is 11.2. The molecule has 9 aromatic carbocycles. The van der Waals surface area contributed by atoms with Gasteiger partial charge < -0.3 is 13.7 Å². The van der Waals surface area contributed by atoms with Gasteiger partial charge in [-0.2, -0.15) is 0 Å². The van der Waals surface area contributed by atoms with Gasteiger partial charge in [0.25, 0.3) is 0 Å². The first-order valence-corrected chi connectivity index (χ1v) is 18.0. The molecule has 2 heterocycles. The molecule has 0 saturated carbocycles. The van der Waals surface area contributed by atoms with Gasteiger partial charge in [-0.05, 0) is 87.4 Å². The first-order chi connectivity index (χ1) is 26.3. The highest BCUT2D eigenvalue weighted by Crippen LogP contribution is 2.46. The molecule has 53 heavy (non-hydrogen) atoms. The summed E-state index contributed by atoms with van der Waals surface area (Å²) in [6.45, 7) is 0. The SMILES string of the molecule is c1cc(-c2cccc3c2oc2ccccc23)cc(N(c2ccc(-c3ccc4ccccc4c3)cc2)c2cccc3oc4c5ccccc5ccc4c23)c1. The number of fused-ring (bicyclic) bond motifs is 9. The van der Waals surface area contributed by atoms with Crippen molar-refractivity contribution in [3.05, 3.63) is 188 Å². The molecule has 3 nitrogen and oxygen atoms in total. The Morgan fingerprint density at radius 2 is 1.02 bits per heavy atom. The van der Waals surface area contributed by atoms with Gasteiger partial charge in [0.2, 0.25) is 0 Å². The van der Waals surface area contributed by atoms with Crippen molar-refractivity contribution in [3.8, 4) is 22.3 Å². The zero-order chi connectivity index (χ0) is 34.9. The predicted molar refractivity (Wildman–Crippen MR) is 222 cm³/mol. The van der Waals surface area contributed by atoms with Crippen LogP contribution in [0.5, 0.6) is 0 Å². The van der Waals surface area contributed by atoms with Crippen LogP contribution in [0.3, 0.4) is 0 Å². The van der Waals surface area contributed by atoms with Gasteiger partial charge in [-0.1, -0.05) is 133 Å². The van der Waals surface area contributed by atoms with E-state index in [1.807, 2.05) is 12.1 Å². The molecule has 0 aliphatic rings. The number of nitrogens with zero attached hydrogens (tertiary/aromatic N) is 1. The summed E-state index contributed by atoms with van der Waals surface area (Å²) in [4.78, 5) is 2.36. The second-order valence-corrected chi connectivity index (χ2v) is 13.7. The topological polar surface area (TPSA) is 29.5 Å². The van der Waals surface area contributed by atoms with Crippen LogP contribution in [0, 0.1) is 0 Å². The molecule has 0 radical (unpaired) electrons. The van der Waals surface area contributed by atoms with E-state index in [4.69, 9.17) is 8.83 Å². The number of hydrogen-bond acceptors (Lipinski definition) is 3. The molecule has 11 aromatic rings. The molecule has 0 spiro atoms. The average Bonchev–Trinajstić information content (AvgIpc) is 3.81. The lowest BCUT2D eigenvalue weighted by Crippen LogP contribution is -2.10. The maximum atomic E-state index is 6.67. The Balaban J connectivity index is 1.12. The highest BCUT2D eigenvalue weighted by atomic mass is 16.3. The zero-order valence-corrected chi connectivity index (χ0v) is 28.7. The first kappa shape index (κ1) is 29.6. The summed E-state index contributed by atoms with van der Waals surface area (Å²) in [5, 5.41) is 9.16. The van der Waals surface area contributed by atoms with Crippen LogP contribution in [0.1, 0.15) is 0 Å². The number of anilines is 3. The molecule has 0 amide bonds. The third-order valence-electron chi connectivity index (χ3n) is 10.6. The van der Waals surface area contributed by atoms with Crippen LogP contribution in [0.2, 0.25) is 0 Å². The summed E-state index contributed by atoms with van der Waals surface area (Å²) in [6, 6.07) is 66.8. The quantitative estimate of drug-likeness (QED) is 0.182. The highest BCUT2D eigenvalue weighted by molar-refractivity contribution is 6.19. The van der Waals surface area contributed by atoms with E-state index in [0.29, 0.717) is 0 Å². The first-order valence-electron chi connectivity index (χ1n) is 18.0. The van der Waals surface area contributed by atoms with Crippen molar-refractivity contribution in [1.82, 2.24) is 0 Å². The largest absolute Gasteiger partial charge is 0.455 e. The Kier molecular flexibility index (Phi) is 6.55. The van der Waals surface area contributed by atoms with Gasteiger partial charge in [-0.25, -0.2) is 0 Å². The normalized spacial score (nSPS) is 11.8. The van der Waals surface area contributed by atoms with E-state index in [2.05, 4.69) is 181 Å². The molecular formula is C50H31NO2. The molecule has 0 aliphatic carbocycles. The minimum absolute atomic E-state index is 0.856. The molecule has 248 valence electrons. The van der Waals surface area contributed by atoms with Gasteiger partial charge >= 0.3 is 0 Å². The van der Waals surface area contributed by atoms with Crippen LogP contribution < -0.4 is 4.90 Å². The third-order valence-corrected chi connectivity index (χ3v) is 10.6. The fourth-order valence-corrected chi connectivity index (χ4v) is 8.11. The van der Waals surface area contributed by atoms with Gasteiger partial charge in [0.05, 0.1) is 11.1 Å². The van der Waals surface area contributed by atoms with Crippen molar-refractivity contribution in [1.29, 1.82) is 0 Å². The second kappa shape index (κ2) is 11.7. The molecule has 11 rings (SSSR count). The molecule has 2 aromatic heterocycles. The minimum Gasteiger partial charge on any atom is -0.455 e. The Labute approximate surface area is 305 Å². The van der Waals surface area contributed by atoms with E-state index < -0.39 is 0 Å². The summed E-state index contributed by atoms with van der Waals surface area (Å²) >= 11 is 0. The number of para-hydroxylation sites is 2. The maximum absolute atomic E-state index is 6.67. The van der Waals surface area contributed by atoms with Crippen LogP contribution in [0.15, 0.2) is 197 Å². The highest BCUT2D eigenvalue weighted by Gasteiger charge is 2.21. The lowest BCUT2D eigenvalue weighted by atomic mass is 9.99. The molecular weight excluding hydrogens is 647 g/mol. The van der Waals surface area contributed by atoms with Gasteiger partial charge in [0.1, 0.15) is 22.3 Å². The predicted octanol–water partition coefficient (Wildman–Crippen LogP) is 14.6. The summed E-state index contributed by atoms with van der Waals surface area (Å²) in [5.74, 6) is 0. The number of rotatable bonds is 5. The van der Waals surface area contributed by atoms with Crippen molar-refractivity contribution in [2.75, 3.05) is 4.90 Å². The van der Waals surface area contributed by atoms with E-state index in [9.17, 15) is 0 Å². The average molecular weight is 678 g/mol. The molecule has 0 fully saturated rings. The van der Waals surface area contributed by atoms with Crippen molar-refractivity contribution in [2.24, 2.45) is 0 Å². The number of furan rings is 2. The van der Waals surface area contributed by atoms with Crippen LogP contribution in [0.25, 0.3) is 87.7 Å². The fourth-order valence-electron chi connectivity index (χ4n) is 8.11. The lowest BCUT2D eigenvalue weighted by molar-refractivity contribution is 0.670. The van der Waals surface area contributed by atoms with Crippen molar-refractivity contribution >= 4 is 82.5 Å². The summed E-state index contributed by atoms with van der Waals surface area (Å²) in [6.07, 6.45) is 0. The van der Waals surface area contributed by atoms with Crippen LogP contribution in [-0.4, -0.2) is 0 Å². The van der Waals surface area contributed by atoms with E-state index in [1.54, 1.807) is 0 Å². The summed E-state index contributed by atoms with van der Waals surface area (Å²) in [7, 11) is 0. The van der Waals surface area contributed by atoms with Crippen LogP contribution in [-0.2, 0) is 0 Å². The van der Waals surface area contributed by atoms with Crippen LogP contribution >= 0.6 is 0 Å². The zero-order valence-electron chi connectivity index (χ0n) is 28.7. The third kappa shape index (κ3) is 4.75.